The molecule has 0 radical (unpaired) electrons. The largest absolute Gasteiger partial charge is 0.450 e. The average Bonchev–Trinajstić information content (AvgIpc) is 3.63. The molecule has 338 valence electrons. The summed E-state index contributed by atoms with van der Waals surface area (Å²) in [6, 6.07) is 29.9. The van der Waals surface area contributed by atoms with E-state index in [-0.39, 0.29) is 44.0 Å². The second kappa shape index (κ2) is 21.8. The molecule has 64 heavy (non-hydrogen) atoms. The van der Waals surface area contributed by atoms with E-state index < -0.39 is 41.6 Å². The summed E-state index contributed by atoms with van der Waals surface area (Å²) >= 11 is 0. The number of amides is 5. The van der Waals surface area contributed by atoms with E-state index in [1.54, 1.807) is 34.1 Å². The Balaban J connectivity index is 1.25. The van der Waals surface area contributed by atoms with E-state index in [9.17, 15) is 24.3 Å². The Morgan fingerprint density at radius 1 is 0.828 bits per heavy atom. The van der Waals surface area contributed by atoms with Crippen molar-refractivity contribution in [3.8, 4) is 11.3 Å². The first-order valence-corrected chi connectivity index (χ1v) is 22.1. The summed E-state index contributed by atoms with van der Waals surface area (Å²) in [6.07, 6.45) is 2.45. The summed E-state index contributed by atoms with van der Waals surface area (Å²) in [4.78, 5) is 68.0. The summed E-state index contributed by atoms with van der Waals surface area (Å²) < 4.78 is 5.13. The zero-order chi connectivity index (χ0) is 45.8. The number of para-hydroxylation sites is 1. The molecular formula is C50H62N8O6. The number of fused-ring (bicyclic) bond motifs is 1. The van der Waals surface area contributed by atoms with Crippen LogP contribution < -0.4 is 16.1 Å². The molecule has 1 aliphatic heterocycles. The van der Waals surface area contributed by atoms with Gasteiger partial charge in [0.25, 0.3) is 5.91 Å². The van der Waals surface area contributed by atoms with Gasteiger partial charge in [-0.25, -0.2) is 14.6 Å². The molecule has 3 heterocycles. The van der Waals surface area contributed by atoms with Crippen LogP contribution in [-0.4, -0.2) is 104 Å². The zero-order valence-corrected chi connectivity index (χ0v) is 37.7. The number of hydrogen-bond acceptors (Lipinski definition) is 9. The molecule has 6 rings (SSSR count). The highest BCUT2D eigenvalue weighted by Gasteiger charge is 2.41. The number of hydrazine groups is 1. The number of aliphatic hydroxyl groups is 1. The monoisotopic (exact) mass is 870 g/mol. The van der Waals surface area contributed by atoms with Gasteiger partial charge in [-0.2, -0.15) is 0 Å². The summed E-state index contributed by atoms with van der Waals surface area (Å²) in [5, 5.41) is 20.7. The Morgan fingerprint density at radius 2 is 1.55 bits per heavy atom. The van der Waals surface area contributed by atoms with Gasteiger partial charge in [0.15, 0.2) is 0 Å². The standard InChI is InChI=1S/C50H62N8O6/c1-7-34(3)44(58-29-28-56(49(58)63)32-38-25-27-52-41-20-13-12-18-39(38)41)46(60)53-42(30-35-16-10-9-11-17-35)43(59)33-57(55-47(61)45(50(4,5)6)54-48(62)64-8-2)31-36-21-23-37(24-22-36)40-19-14-15-26-51-40/h9-27,34,42-45,59H,7-8,28-33H2,1-6H3,(H,53,60)(H,54,62)(H,55,61). The first kappa shape index (κ1) is 47.1. The maximum absolute atomic E-state index is 14.7. The second-order valence-corrected chi connectivity index (χ2v) is 17.5. The lowest BCUT2D eigenvalue weighted by Crippen LogP contribution is -2.60. The first-order valence-electron chi connectivity index (χ1n) is 22.1. The summed E-state index contributed by atoms with van der Waals surface area (Å²) in [6.45, 7) is 12.6. The second-order valence-electron chi connectivity index (χ2n) is 17.5. The number of ether oxygens (including phenoxy) is 1. The van der Waals surface area contributed by atoms with Crippen LogP contribution in [0.3, 0.4) is 0 Å². The number of carbonyl (C=O) groups excluding carboxylic acids is 4. The number of hydrogen-bond donors (Lipinski definition) is 4. The van der Waals surface area contributed by atoms with Crippen molar-refractivity contribution < 1.29 is 29.0 Å². The molecule has 1 saturated heterocycles. The molecule has 5 atom stereocenters. The van der Waals surface area contributed by atoms with Gasteiger partial charge in [-0.05, 0) is 65.6 Å². The highest BCUT2D eigenvalue weighted by Crippen LogP contribution is 2.26. The molecule has 2 aromatic heterocycles. The normalized spacial score (nSPS) is 15.3. The van der Waals surface area contributed by atoms with E-state index in [0.717, 1.165) is 38.9 Å². The smallest absolute Gasteiger partial charge is 0.407 e. The predicted molar refractivity (Wildman–Crippen MR) is 247 cm³/mol. The van der Waals surface area contributed by atoms with E-state index in [2.05, 4.69) is 26.0 Å². The lowest BCUT2D eigenvalue weighted by molar-refractivity contribution is -0.132. The molecule has 0 saturated carbocycles. The molecular weight excluding hydrogens is 809 g/mol. The summed E-state index contributed by atoms with van der Waals surface area (Å²) in [5.74, 6) is -1.08. The molecule has 1 aliphatic rings. The van der Waals surface area contributed by atoms with E-state index in [0.29, 0.717) is 26.1 Å². The molecule has 0 spiro atoms. The van der Waals surface area contributed by atoms with E-state index in [1.807, 2.05) is 138 Å². The fourth-order valence-electron chi connectivity index (χ4n) is 8.08. The number of benzene rings is 3. The van der Waals surface area contributed by atoms with E-state index >= 15 is 0 Å². The van der Waals surface area contributed by atoms with Crippen molar-refractivity contribution in [1.29, 1.82) is 0 Å². The molecule has 5 aromatic rings. The van der Waals surface area contributed by atoms with Crippen LogP contribution in [0.2, 0.25) is 0 Å². The Labute approximate surface area is 376 Å². The third-order valence-corrected chi connectivity index (χ3v) is 11.7. The van der Waals surface area contributed by atoms with Gasteiger partial charge in [0.2, 0.25) is 5.91 Å². The fraction of sp³-hybridized carbons (Fsp3) is 0.400. The summed E-state index contributed by atoms with van der Waals surface area (Å²) in [5.41, 5.74) is 7.53. The lowest BCUT2D eigenvalue weighted by Gasteiger charge is -2.36. The Bertz CT molecular complexity index is 2320. The number of aliphatic hydroxyl groups excluding tert-OH is 1. The van der Waals surface area contributed by atoms with Crippen molar-refractivity contribution in [3.05, 3.63) is 132 Å². The van der Waals surface area contributed by atoms with Gasteiger partial charge in [-0.1, -0.05) is 120 Å². The van der Waals surface area contributed by atoms with Crippen molar-refractivity contribution >= 4 is 34.8 Å². The van der Waals surface area contributed by atoms with Crippen LogP contribution >= 0.6 is 0 Å². The van der Waals surface area contributed by atoms with Crippen LogP contribution in [0.4, 0.5) is 9.59 Å². The molecule has 4 N–H and O–H groups in total. The topological polar surface area (TPSA) is 169 Å². The number of pyridine rings is 2. The van der Waals surface area contributed by atoms with Crippen molar-refractivity contribution in [2.24, 2.45) is 11.3 Å². The number of urea groups is 1. The molecule has 14 heteroatoms. The van der Waals surface area contributed by atoms with E-state index in [4.69, 9.17) is 4.74 Å². The van der Waals surface area contributed by atoms with Crippen LogP contribution in [0.1, 0.15) is 64.7 Å². The SMILES string of the molecule is CCOC(=O)NC(C(=O)NN(Cc1ccc(-c2ccccn2)cc1)CC(O)C(Cc1ccccc1)NC(=O)C(C(C)CC)N1CCN(Cc2ccnc3ccccc23)C1=O)C(C)(C)C. The number of carbonyl (C=O) groups is 4. The quantitative estimate of drug-likeness (QED) is 0.0658. The van der Waals surface area contributed by atoms with Gasteiger partial charge in [-0.3, -0.25) is 25.0 Å². The van der Waals surface area contributed by atoms with Gasteiger partial charge in [0.05, 0.1) is 30.0 Å². The van der Waals surface area contributed by atoms with Crippen LogP contribution in [0.15, 0.2) is 116 Å². The Kier molecular flexibility index (Phi) is 16.1. The Hall–Kier alpha value is -6.38. The van der Waals surface area contributed by atoms with E-state index in [1.165, 1.54) is 0 Å². The van der Waals surface area contributed by atoms with Crippen molar-refractivity contribution in [3.63, 3.8) is 0 Å². The molecule has 0 bridgehead atoms. The average molecular weight is 871 g/mol. The van der Waals surface area contributed by atoms with Crippen molar-refractivity contribution in [1.82, 2.24) is 40.8 Å². The highest BCUT2D eigenvalue weighted by molar-refractivity contribution is 5.89. The zero-order valence-electron chi connectivity index (χ0n) is 37.7. The molecule has 5 unspecified atom stereocenters. The van der Waals surface area contributed by atoms with Crippen LogP contribution in [0.25, 0.3) is 22.2 Å². The minimum Gasteiger partial charge on any atom is -0.450 e. The van der Waals surface area contributed by atoms with Gasteiger partial charge in [0.1, 0.15) is 12.1 Å². The lowest BCUT2D eigenvalue weighted by atomic mass is 9.86. The van der Waals surface area contributed by atoms with Crippen LogP contribution in [-0.2, 0) is 33.8 Å². The number of nitrogens with one attached hydrogen (secondary N) is 3. The molecule has 14 nitrogen and oxygen atoms in total. The summed E-state index contributed by atoms with van der Waals surface area (Å²) in [7, 11) is 0. The molecule has 5 amide bonds. The van der Waals surface area contributed by atoms with Crippen LogP contribution in [0.5, 0.6) is 0 Å². The molecule has 3 aromatic carbocycles. The van der Waals surface area contributed by atoms with Gasteiger partial charge >= 0.3 is 12.1 Å². The fourth-order valence-corrected chi connectivity index (χ4v) is 8.08. The number of alkyl carbamates (subject to hydrolysis) is 1. The highest BCUT2D eigenvalue weighted by atomic mass is 16.5. The number of aromatic nitrogens is 2. The van der Waals surface area contributed by atoms with Gasteiger partial charge in [-0.15, -0.1) is 0 Å². The molecule has 0 aliphatic carbocycles. The van der Waals surface area contributed by atoms with Gasteiger partial charge in [0, 0.05) is 56.1 Å². The Morgan fingerprint density at radius 3 is 2.23 bits per heavy atom. The van der Waals surface area contributed by atoms with Gasteiger partial charge < -0.3 is 30.3 Å². The number of nitrogens with zero attached hydrogens (tertiary/aromatic N) is 5. The minimum atomic E-state index is -1.22. The third kappa shape index (κ3) is 12.2. The van der Waals surface area contributed by atoms with Crippen molar-refractivity contribution in [2.45, 2.75) is 91.7 Å². The van der Waals surface area contributed by atoms with Crippen LogP contribution in [0, 0.1) is 11.3 Å². The predicted octanol–water partition coefficient (Wildman–Crippen LogP) is 6.73. The minimum absolute atomic E-state index is 0.105. The maximum atomic E-state index is 14.7. The first-order chi connectivity index (χ1) is 30.7. The van der Waals surface area contributed by atoms with Crippen molar-refractivity contribution in [2.75, 3.05) is 26.2 Å². The maximum Gasteiger partial charge on any atom is 0.407 e. The third-order valence-electron chi connectivity index (χ3n) is 11.7. The number of rotatable bonds is 19. The molecule has 1 fully saturated rings.